The highest BCUT2D eigenvalue weighted by atomic mass is 16.5. The first-order valence-electron chi connectivity index (χ1n) is 6.63. The Balaban J connectivity index is -0.000000282. The SMILES string of the molecule is COC(=O)NN.COC(=O)NN=C(C)C.COC(=O)NNC(C)C. The minimum atomic E-state index is -0.630. The number of hydrogen-bond acceptors (Lipinski definition) is 9. The van der Waals surface area contributed by atoms with Gasteiger partial charge in [-0.15, -0.1) is 0 Å². The van der Waals surface area contributed by atoms with Gasteiger partial charge in [0.25, 0.3) is 0 Å². The van der Waals surface area contributed by atoms with Crippen molar-refractivity contribution in [2.75, 3.05) is 21.3 Å². The maximum Gasteiger partial charge on any atom is 0.427 e. The third kappa shape index (κ3) is 27.7. The molecule has 12 nitrogen and oxygen atoms in total. The summed E-state index contributed by atoms with van der Waals surface area (Å²) in [5.74, 6) is 4.56. The van der Waals surface area contributed by atoms with E-state index in [-0.39, 0.29) is 6.04 Å². The average Bonchev–Trinajstić information content (AvgIpc) is 2.57. The second-order valence-electron chi connectivity index (χ2n) is 4.21. The van der Waals surface area contributed by atoms with Gasteiger partial charge in [0.15, 0.2) is 0 Å². The highest BCUT2D eigenvalue weighted by molar-refractivity contribution is 5.80. The highest BCUT2D eigenvalue weighted by Crippen LogP contribution is 1.73. The van der Waals surface area contributed by atoms with Gasteiger partial charge in [0.1, 0.15) is 0 Å². The number of nitrogens with zero attached hydrogens (tertiary/aromatic N) is 1. The topological polar surface area (TPSA) is 165 Å². The van der Waals surface area contributed by atoms with Crippen molar-refractivity contribution in [1.29, 1.82) is 0 Å². The molecule has 0 spiro atoms. The van der Waals surface area contributed by atoms with Crippen molar-refractivity contribution in [2.45, 2.75) is 33.7 Å². The maximum absolute atomic E-state index is 10.3. The zero-order valence-corrected chi connectivity index (χ0v) is 15.1. The number of nitrogens with one attached hydrogen (secondary N) is 4. The molecule has 0 saturated carbocycles. The van der Waals surface area contributed by atoms with Crippen LogP contribution in [0, 0.1) is 0 Å². The van der Waals surface area contributed by atoms with E-state index in [0.29, 0.717) is 0 Å². The van der Waals surface area contributed by atoms with Crippen molar-refractivity contribution in [1.82, 2.24) is 21.7 Å². The summed E-state index contributed by atoms with van der Waals surface area (Å²) in [5, 5.41) is 3.59. The Kier molecular flexibility index (Phi) is 20.2. The van der Waals surface area contributed by atoms with Gasteiger partial charge in [0.2, 0.25) is 0 Å². The van der Waals surface area contributed by atoms with E-state index in [0.717, 1.165) is 5.71 Å². The van der Waals surface area contributed by atoms with Gasteiger partial charge in [-0.05, 0) is 27.7 Å². The lowest BCUT2D eigenvalue weighted by Gasteiger charge is -2.07. The summed E-state index contributed by atoms with van der Waals surface area (Å²) in [5.41, 5.74) is 9.68. The fourth-order valence-electron chi connectivity index (χ4n) is 0.516. The van der Waals surface area contributed by atoms with Gasteiger partial charge in [0, 0.05) is 11.8 Å². The van der Waals surface area contributed by atoms with E-state index >= 15 is 0 Å². The average molecular weight is 352 g/mol. The molecule has 0 aromatic heterocycles. The Labute approximate surface area is 141 Å². The molecule has 0 heterocycles. The van der Waals surface area contributed by atoms with Crippen molar-refractivity contribution in [2.24, 2.45) is 10.9 Å². The van der Waals surface area contributed by atoms with Crippen LogP contribution in [0.15, 0.2) is 5.10 Å². The van der Waals surface area contributed by atoms with Gasteiger partial charge >= 0.3 is 18.3 Å². The third-order valence-corrected chi connectivity index (χ3v) is 1.51. The molecule has 24 heavy (non-hydrogen) atoms. The summed E-state index contributed by atoms with van der Waals surface area (Å²) in [6, 6.07) is 0.226. The third-order valence-electron chi connectivity index (χ3n) is 1.51. The Morgan fingerprint density at radius 1 is 0.917 bits per heavy atom. The molecule has 0 radical (unpaired) electrons. The normalized spacial score (nSPS) is 8.21. The van der Waals surface area contributed by atoms with Crippen LogP contribution in [0.3, 0.4) is 0 Å². The predicted molar refractivity (Wildman–Crippen MR) is 87.9 cm³/mol. The van der Waals surface area contributed by atoms with Crippen LogP contribution < -0.4 is 27.5 Å². The number of nitrogens with two attached hydrogens (primary N) is 1. The smallest absolute Gasteiger partial charge is 0.427 e. The number of amides is 3. The van der Waals surface area contributed by atoms with Crippen LogP contribution in [0.25, 0.3) is 0 Å². The number of hydrazine groups is 2. The summed E-state index contributed by atoms with van der Waals surface area (Å²) < 4.78 is 12.6. The second-order valence-corrected chi connectivity index (χ2v) is 4.21. The zero-order chi connectivity index (χ0) is 19.5. The molecule has 0 aliphatic heterocycles. The van der Waals surface area contributed by atoms with Gasteiger partial charge in [-0.3, -0.25) is 10.9 Å². The molecule has 142 valence electrons. The summed E-state index contributed by atoms with van der Waals surface area (Å²) in [7, 11) is 3.84. The number of carbonyl (C=O) groups excluding carboxylic acids is 3. The molecule has 12 heteroatoms. The maximum atomic E-state index is 10.3. The lowest BCUT2D eigenvalue weighted by atomic mass is 10.4. The molecule has 0 aromatic carbocycles. The van der Waals surface area contributed by atoms with Gasteiger partial charge < -0.3 is 14.2 Å². The molecule has 0 bridgehead atoms. The standard InChI is InChI=1S/C5H12N2O2.C5H10N2O2.C2H6N2O2/c2*1-4(2)6-7-5(8)9-3;1-6-2(5)4-3/h4,6H,1-3H3,(H,7,8);1-3H3,(H,7,8);3H2,1H3,(H,4,5). The van der Waals surface area contributed by atoms with E-state index in [2.05, 4.69) is 41.4 Å². The first-order valence-corrected chi connectivity index (χ1v) is 6.63. The number of rotatable bonds is 3. The number of ether oxygens (including phenoxy) is 3. The van der Waals surface area contributed by atoms with Crippen LogP contribution in [-0.2, 0) is 14.2 Å². The largest absolute Gasteiger partial charge is 0.452 e. The van der Waals surface area contributed by atoms with Crippen molar-refractivity contribution in [3.8, 4) is 0 Å². The Hall–Kier alpha value is -2.60. The first kappa shape index (κ1) is 26.3. The fraction of sp³-hybridized carbons (Fsp3) is 0.667. The molecule has 0 rings (SSSR count). The molecule has 0 fully saturated rings. The predicted octanol–water partition coefficient (Wildman–Crippen LogP) is 0.210. The van der Waals surface area contributed by atoms with Crippen LogP contribution >= 0.6 is 0 Å². The van der Waals surface area contributed by atoms with Crippen molar-refractivity contribution in [3.05, 3.63) is 0 Å². The van der Waals surface area contributed by atoms with Crippen LogP contribution in [-0.4, -0.2) is 51.4 Å². The quantitative estimate of drug-likeness (QED) is 0.158. The lowest BCUT2D eigenvalue weighted by Crippen LogP contribution is -2.41. The lowest BCUT2D eigenvalue weighted by molar-refractivity contribution is 0.164. The molecule has 0 aliphatic carbocycles. The van der Waals surface area contributed by atoms with Crippen molar-refractivity contribution >= 4 is 24.0 Å². The number of carbonyl (C=O) groups is 3. The van der Waals surface area contributed by atoms with Crippen molar-refractivity contribution in [3.63, 3.8) is 0 Å². The summed E-state index contributed by atoms with van der Waals surface area (Å²) in [6.07, 6.45) is -1.64. The van der Waals surface area contributed by atoms with Gasteiger partial charge in [-0.25, -0.2) is 31.1 Å². The molecule has 0 aromatic rings. The Morgan fingerprint density at radius 2 is 1.38 bits per heavy atom. The molecule has 0 atom stereocenters. The van der Waals surface area contributed by atoms with Crippen LogP contribution in [0.2, 0.25) is 0 Å². The first-order chi connectivity index (χ1) is 11.1. The molecule has 0 unspecified atom stereocenters. The van der Waals surface area contributed by atoms with E-state index in [1.807, 2.05) is 13.8 Å². The number of hydrogen-bond donors (Lipinski definition) is 5. The van der Waals surface area contributed by atoms with Gasteiger partial charge in [-0.2, -0.15) is 5.10 Å². The summed E-state index contributed by atoms with van der Waals surface area (Å²) in [4.78, 5) is 30.3. The fourth-order valence-corrected chi connectivity index (χ4v) is 0.516. The van der Waals surface area contributed by atoms with Crippen LogP contribution in [0.4, 0.5) is 14.4 Å². The van der Waals surface area contributed by atoms with E-state index < -0.39 is 18.3 Å². The minimum Gasteiger partial charge on any atom is -0.452 e. The summed E-state index contributed by atoms with van der Waals surface area (Å²) in [6.45, 7) is 7.37. The Morgan fingerprint density at radius 3 is 1.62 bits per heavy atom. The molecule has 3 amide bonds. The van der Waals surface area contributed by atoms with E-state index in [9.17, 15) is 14.4 Å². The number of methoxy groups -OCH3 is 3. The monoisotopic (exact) mass is 352 g/mol. The highest BCUT2D eigenvalue weighted by Gasteiger charge is 1.96. The van der Waals surface area contributed by atoms with Crippen LogP contribution in [0.1, 0.15) is 27.7 Å². The minimum absolute atomic E-state index is 0.226. The molecule has 0 aliphatic rings. The Bertz CT molecular complexity index is 378. The number of hydrazone groups is 1. The summed E-state index contributed by atoms with van der Waals surface area (Å²) >= 11 is 0. The molecule has 0 saturated heterocycles. The van der Waals surface area contributed by atoms with E-state index in [1.165, 1.54) is 21.3 Å². The van der Waals surface area contributed by atoms with Gasteiger partial charge in [0.05, 0.1) is 21.3 Å². The van der Waals surface area contributed by atoms with Gasteiger partial charge in [-0.1, -0.05) is 0 Å². The van der Waals surface area contributed by atoms with Crippen LogP contribution in [0.5, 0.6) is 0 Å². The molecule has 6 N–H and O–H groups in total. The van der Waals surface area contributed by atoms with Crippen molar-refractivity contribution < 1.29 is 28.6 Å². The second kappa shape index (κ2) is 18.4. The van der Waals surface area contributed by atoms with E-state index in [4.69, 9.17) is 0 Å². The molecular weight excluding hydrogens is 324 g/mol. The zero-order valence-electron chi connectivity index (χ0n) is 15.1. The van der Waals surface area contributed by atoms with E-state index in [1.54, 1.807) is 19.3 Å². The molecular formula is C12H28N6O6.